The number of nitrogens with two attached hydrogens (primary N) is 1. The molecule has 0 fully saturated rings. The molecule has 3 N–H and O–H groups in total. The Labute approximate surface area is 95.8 Å². The van der Waals surface area contributed by atoms with Crippen LogP contribution in [0.2, 0.25) is 0 Å². The zero-order valence-corrected chi connectivity index (χ0v) is 9.69. The van der Waals surface area contributed by atoms with Crippen molar-refractivity contribution in [2.24, 2.45) is 5.73 Å². The summed E-state index contributed by atoms with van der Waals surface area (Å²) in [6.07, 6.45) is 0.512. The number of carbonyl (C=O) groups excluding carboxylic acids is 1. The molecule has 1 amide bonds. The molecule has 4 nitrogen and oxygen atoms in total. The number of rotatable bonds is 6. The molecule has 0 saturated heterocycles. The third-order valence-electron chi connectivity index (χ3n) is 1.93. The number of primary amides is 1. The Balaban J connectivity index is 2.42. The molecule has 1 rings (SSSR count). The SMILES string of the molecule is CC(C)Oc1ccc(NCCC(N)=O)cc1. The predicted molar refractivity (Wildman–Crippen MR) is 64.5 cm³/mol. The molecule has 0 spiro atoms. The molecule has 1 aromatic carbocycles. The van der Waals surface area contributed by atoms with Crippen molar-refractivity contribution >= 4 is 11.6 Å². The Morgan fingerprint density at radius 1 is 1.38 bits per heavy atom. The zero-order chi connectivity index (χ0) is 12.0. The lowest BCUT2D eigenvalue weighted by Gasteiger charge is -2.10. The smallest absolute Gasteiger partial charge is 0.219 e. The van der Waals surface area contributed by atoms with Crippen LogP contribution in [0, 0.1) is 0 Å². The van der Waals surface area contributed by atoms with E-state index in [2.05, 4.69) is 5.32 Å². The average Bonchev–Trinajstić information content (AvgIpc) is 2.19. The molecule has 1 aromatic rings. The maximum absolute atomic E-state index is 10.5. The first-order chi connectivity index (χ1) is 7.58. The molecule has 16 heavy (non-hydrogen) atoms. The van der Waals surface area contributed by atoms with Gasteiger partial charge in [-0.25, -0.2) is 0 Å². The van der Waals surface area contributed by atoms with Crippen LogP contribution < -0.4 is 15.8 Å². The molecule has 0 heterocycles. The number of benzene rings is 1. The lowest BCUT2D eigenvalue weighted by atomic mass is 10.3. The summed E-state index contributed by atoms with van der Waals surface area (Å²) >= 11 is 0. The molecule has 4 heteroatoms. The van der Waals surface area contributed by atoms with Gasteiger partial charge >= 0.3 is 0 Å². The van der Waals surface area contributed by atoms with Crippen molar-refractivity contribution in [1.29, 1.82) is 0 Å². The number of ether oxygens (including phenoxy) is 1. The molecule has 0 aromatic heterocycles. The van der Waals surface area contributed by atoms with Crippen LogP contribution in [-0.2, 0) is 4.79 Å². The number of amides is 1. The number of carbonyl (C=O) groups is 1. The van der Waals surface area contributed by atoms with Crippen molar-refractivity contribution in [2.75, 3.05) is 11.9 Å². The first-order valence-corrected chi connectivity index (χ1v) is 5.37. The molecule has 0 aliphatic carbocycles. The van der Waals surface area contributed by atoms with Crippen molar-refractivity contribution in [1.82, 2.24) is 0 Å². The van der Waals surface area contributed by atoms with Crippen LogP contribution >= 0.6 is 0 Å². The molecule has 0 saturated carbocycles. The predicted octanol–water partition coefficient (Wildman–Crippen LogP) is 1.76. The minimum Gasteiger partial charge on any atom is -0.491 e. The van der Waals surface area contributed by atoms with Crippen LogP contribution in [0.3, 0.4) is 0 Å². The lowest BCUT2D eigenvalue weighted by molar-refractivity contribution is -0.117. The van der Waals surface area contributed by atoms with Gasteiger partial charge < -0.3 is 15.8 Å². The Hall–Kier alpha value is -1.71. The van der Waals surface area contributed by atoms with Gasteiger partial charge in [0.2, 0.25) is 5.91 Å². The van der Waals surface area contributed by atoms with Crippen LogP contribution in [0.15, 0.2) is 24.3 Å². The van der Waals surface area contributed by atoms with Crippen molar-refractivity contribution in [3.05, 3.63) is 24.3 Å². The van der Waals surface area contributed by atoms with Crippen molar-refractivity contribution < 1.29 is 9.53 Å². The van der Waals surface area contributed by atoms with E-state index in [1.807, 2.05) is 38.1 Å². The van der Waals surface area contributed by atoms with Gasteiger partial charge in [0.25, 0.3) is 0 Å². The molecule has 0 bridgehead atoms. The molecule has 0 radical (unpaired) electrons. The van der Waals surface area contributed by atoms with Gasteiger partial charge in [0.05, 0.1) is 6.10 Å². The Bertz CT molecular complexity index is 333. The van der Waals surface area contributed by atoms with Gasteiger partial charge in [0.1, 0.15) is 5.75 Å². The maximum atomic E-state index is 10.5. The molecule has 0 aliphatic rings. The van der Waals surface area contributed by atoms with Gasteiger partial charge in [-0.3, -0.25) is 4.79 Å². The van der Waals surface area contributed by atoms with E-state index >= 15 is 0 Å². The van der Waals surface area contributed by atoms with E-state index in [4.69, 9.17) is 10.5 Å². The molecular formula is C12H18N2O2. The highest BCUT2D eigenvalue weighted by Gasteiger charge is 1.98. The van der Waals surface area contributed by atoms with E-state index < -0.39 is 0 Å². The molecule has 0 atom stereocenters. The van der Waals surface area contributed by atoms with Crippen LogP contribution in [0.25, 0.3) is 0 Å². The van der Waals surface area contributed by atoms with Gasteiger partial charge in [-0.2, -0.15) is 0 Å². The van der Waals surface area contributed by atoms with E-state index in [-0.39, 0.29) is 12.0 Å². The van der Waals surface area contributed by atoms with Crippen LogP contribution in [0.1, 0.15) is 20.3 Å². The summed E-state index contributed by atoms with van der Waals surface area (Å²) in [4.78, 5) is 10.5. The normalized spacial score (nSPS) is 10.2. The highest BCUT2D eigenvalue weighted by atomic mass is 16.5. The lowest BCUT2D eigenvalue weighted by Crippen LogP contribution is -2.15. The van der Waals surface area contributed by atoms with Crippen LogP contribution in [0.5, 0.6) is 5.75 Å². The monoisotopic (exact) mass is 222 g/mol. The van der Waals surface area contributed by atoms with Gasteiger partial charge in [-0.05, 0) is 38.1 Å². The summed E-state index contributed by atoms with van der Waals surface area (Å²) in [7, 11) is 0. The second-order valence-corrected chi connectivity index (χ2v) is 3.83. The second-order valence-electron chi connectivity index (χ2n) is 3.83. The quantitative estimate of drug-likeness (QED) is 0.770. The number of hydrogen-bond donors (Lipinski definition) is 2. The van der Waals surface area contributed by atoms with E-state index in [0.29, 0.717) is 13.0 Å². The second kappa shape index (κ2) is 6.00. The summed E-state index contributed by atoms with van der Waals surface area (Å²) in [5.41, 5.74) is 5.99. The summed E-state index contributed by atoms with van der Waals surface area (Å²) in [6.45, 7) is 4.53. The zero-order valence-electron chi connectivity index (χ0n) is 9.69. The highest BCUT2D eigenvalue weighted by Crippen LogP contribution is 2.16. The van der Waals surface area contributed by atoms with E-state index in [1.54, 1.807) is 0 Å². The van der Waals surface area contributed by atoms with E-state index in [1.165, 1.54) is 0 Å². The molecule has 0 aliphatic heterocycles. The van der Waals surface area contributed by atoms with Gasteiger partial charge in [0.15, 0.2) is 0 Å². The number of nitrogens with one attached hydrogen (secondary N) is 1. The van der Waals surface area contributed by atoms with Crippen molar-refractivity contribution in [3.8, 4) is 5.75 Å². The summed E-state index contributed by atoms with van der Waals surface area (Å²) < 4.78 is 5.51. The Morgan fingerprint density at radius 2 is 2.00 bits per heavy atom. The van der Waals surface area contributed by atoms with Gasteiger partial charge in [0, 0.05) is 18.7 Å². The first-order valence-electron chi connectivity index (χ1n) is 5.37. The fourth-order valence-corrected chi connectivity index (χ4v) is 1.25. The Morgan fingerprint density at radius 3 is 2.50 bits per heavy atom. The summed E-state index contributed by atoms with van der Waals surface area (Å²) in [6, 6.07) is 7.62. The highest BCUT2D eigenvalue weighted by molar-refractivity contribution is 5.74. The van der Waals surface area contributed by atoms with Crippen LogP contribution in [-0.4, -0.2) is 18.6 Å². The van der Waals surface area contributed by atoms with E-state index in [0.717, 1.165) is 11.4 Å². The summed E-state index contributed by atoms with van der Waals surface area (Å²) in [5.74, 6) is 0.544. The van der Waals surface area contributed by atoms with Gasteiger partial charge in [-0.15, -0.1) is 0 Å². The molecular weight excluding hydrogens is 204 g/mol. The van der Waals surface area contributed by atoms with Gasteiger partial charge in [-0.1, -0.05) is 0 Å². The molecule has 88 valence electrons. The largest absolute Gasteiger partial charge is 0.491 e. The standard InChI is InChI=1S/C12H18N2O2/c1-9(2)16-11-5-3-10(4-6-11)14-8-7-12(13)15/h3-6,9,14H,7-8H2,1-2H3,(H2,13,15). The fraction of sp³-hybridized carbons (Fsp3) is 0.417. The third-order valence-corrected chi connectivity index (χ3v) is 1.93. The third kappa shape index (κ3) is 4.68. The molecule has 0 unspecified atom stereocenters. The fourth-order valence-electron chi connectivity index (χ4n) is 1.25. The summed E-state index contributed by atoms with van der Waals surface area (Å²) in [5, 5.41) is 3.10. The Kier molecular flexibility index (Phi) is 4.64. The average molecular weight is 222 g/mol. The first kappa shape index (κ1) is 12.4. The van der Waals surface area contributed by atoms with Crippen molar-refractivity contribution in [3.63, 3.8) is 0 Å². The maximum Gasteiger partial charge on any atom is 0.219 e. The number of hydrogen-bond acceptors (Lipinski definition) is 3. The minimum absolute atomic E-state index is 0.175. The minimum atomic E-state index is -0.299. The van der Waals surface area contributed by atoms with Crippen molar-refractivity contribution in [2.45, 2.75) is 26.4 Å². The van der Waals surface area contributed by atoms with E-state index in [9.17, 15) is 4.79 Å². The van der Waals surface area contributed by atoms with Crippen LogP contribution in [0.4, 0.5) is 5.69 Å². The topological polar surface area (TPSA) is 64.3 Å². The number of anilines is 1.